The Balaban J connectivity index is 2.60. The minimum atomic E-state index is -0.443. The molecule has 1 rings (SSSR count). The maximum absolute atomic E-state index is 10.7. The van der Waals surface area contributed by atoms with Crippen molar-refractivity contribution in [3.8, 4) is 0 Å². The van der Waals surface area contributed by atoms with Gasteiger partial charge in [-0.1, -0.05) is 0 Å². The van der Waals surface area contributed by atoms with Gasteiger partial charge in [-0.2, -0.15) is 0 Å². The van der Waals surface area contributed by atoms with Crippen molar-refractivity contribution in [3.63, 3.8) is 0 Å². The van der Waals surface area contributed by atoms with E-state index in [9.17, 15) is 10.1 Å². The molecule has 0 unspecified atom stereocenters. The molecule has 0 aliphatic rings. The Morgan fingerprint density at radius 1 is 1.44 bits per heavy atom. The second kappa shape index (κ2) is 6.20. The number of nitro benzene ring substituents is 1. The minimum absolute atomic E-state index is 0.00899. The van der Waals surface area contributed by atoms with Crippen LogP contribution in [0, 0.1) is 10.1 Å². The number of nitrogens with zero attached hydrogens (tertiary/aromatic N) is 2. The molecule has 0 radical (unpaired) electrons. The average Bonchev–Trinajstić information content (AvgIpc) is 2.27. The highest BCUT2D eigenvalue weighted by Gasteiger charge is 2.08. The third kappa shape index (κ3) is 4.21. The number of hydrogen-bond donors (Lipinski definition) is 2. The number of nitrogen functional groups attached to an aromatic ring is 1. The fourth-order valence-corrected chi connectivity index (χ4v) is 1.48. The quantitative estimate of drug-likeness (QED) is 0.459. The van der Waals surface area contributed by atoms with Crippen LogP contribution in [0.15, 0.2) is 18.2 Å². The zero-order valence-electron chi connectivity index (χ0n) is 11.0. The zero-order valence-corrected chi connectivity index (χ0v) is 11.0. The van der Waals surface area contributed by atoms with Crippen LogP contribution in [0.4, 0.5) is 17.1 Å². The third-order valence-corrected chi connectivity index (χ3v) is 2.83. The summed E-state index contributed by atoms with van der Waals surface area (Å²) in [5.41, 5.74) is 6.70. The first-order valence-electron chi connectivity index (χ1n) is 5.89. The second-order valence-electron chi connectivity index (χ2n) is 4.57. The van der Waals surface area contributed by atoms with Crippen LogP contribution in [0.5, 0.6) is 0 Å². The van der Waals surface area contributed by atoms with Gasteiger partial charge in [0.15, 0.2) is 0 Å². The summed E-state index contributed by atoms with van der Waals surface area (Å²) < 4.78 is 0. The van der Waals surface area contributed by atoms with Gasteiger partial charge in [0.05, 0.1) is 4.92 Å². The largest absolute Gasteiger partial charge is 0.398 e. The molecule has 0 fully saturated rings. The predicted octanol–water partition coefficient (Wildman–Crippen LogP) is 1.93. The summed E-state index contributed by atoms with van der Waals surface area (Å²) in [6.07, 6.45) is 0. The second-order valence-corrected chi connectivity index (χ2v) is 4.57. The van der Waals surface area contributed by atoms with Crippen LogP contribution in [-0.4, -0.2) is 36.0 Å². The van der Waals surface area contributed by atoms with E-state index in [1.165, 1.54) is 12.1 Å². The first-order chi connectivity index (χ1) is 8.40. The molecule has 0 aliphatic heterocycles. The number of hydrogen-bond acceptors (Lipinski definition) is 5. The predicted molar refractivity (Wildman–Crippen MR) is 73.8 cm³/mol. The van der Waals surface area contributed by atoms with Crippen LogP contribution in [0.2, 0.25) is 0 Å². The van der Waals surface area contributed by atoms with Gasteiger partial charge < -0.3 is 16.0 Å². The Morgan fingerprint density at radius 2 is 2.11 bits per heavy atom. The van der Waals surface area contributed by atoms with Crippen molar-refractivity contribution >= 4 is 17.1 Å². The highest BCUT2D eigenvalue weighted by molar-refractivity contribution is 5.61. The summed E-state index contributed by atoms with van der Waals surface area (Å²) in [6, 6.07) is 5.02. The maximum Gasteiger partial charge on any atom is 0.273 e. The fraction of sp³-hybridized carbons (Fsp3) is 0.500. The normalized spacial score (nSPS) is 10.9. The molecule has 0 aromatic heterocycles. The van der Waals surface area contributed by atoms with Crippen molar-refractivity contribution in [1.29, 1.82) is 0 Å². The number of non-ortho nitro benzene ring substituents is 1. The Bertz CT molecular complexity index is 421. The van der Waals surface area contributed by atoms with Crippen LogP contribution >= 0.6 is 0 Å². The molecule has 0 atom stereocenters. The number of nitrogens with one attached hydrogen (secondary N) is 1. The van der Waals surface area contributed by atoms with Crippen molar-refractivity contribution in [2.45, 2.75) is 19.9 Å². The number of rotatable bonds is 6. The molecule has 0 bridgehead atoms. The molecule has 100 valence electrons. The Hall–Kier alpha value is -1.82. The number of likely N-dealkylation sites (N-methyl/N-ethyl adjacent to an activating group) is 1. The zero-order chi connectivity index (χ0) is 13.7. The van der Waals surface area contributed by atoms with E-state index in [2.05, 4.69) is 24.1 Å². The van der Waals surface area contributed by atoms with Crippen LogP contribution in [0.25, 0.3) is 0 Å². The highest BCUT2D eigenvalue weighted by atomic mass is 16.6. The summed E-state index contributed by atoms with van der Waals surface area (Å²) in [5, 5.41) is 13.8. The van der Waals surface area contributed by atoms with E-state index in [0.29, 0.717) is 17.4 Å². The summed E-state index contributed by atoms with van der Waals surface area (Å²) in [6.45, 7) is 5.81. The van der Waals surface area contributed by atoms with Crippen molar-refractivity contribution in [1.82, 2.24) is 4.90 Å². The highest BCUT2D eigenvalue weighted by Crippen LogP contribution is 2.22. The standard InChI is InChI=1S/C12H20N4O2/c1-9(2)15(3)5-4-14-11-6-10(13)7-12(8-11)16(17)18/h6-9,14H,4-5,13H2,1-3H3. The van der Waals surface area contributed by atoms with Gasteiger partial charge in [0.1, 0.15) is 0 Å². The van der Waals surface area contributed by atoms with E-state index < -0.39 is 4.92 Å². The molecular formula is C12H20N4O2. The van der Waals surface area contributed by atoms with E-state index in [1.807, 2.05) is 7.05 Å². The smallest absolute Gasteiger partial charge is 0.273 e. The number of anilines is 2. The lowest BCUT2D eigenvalue weighted by Gasteiger charge is -2.21. The average molecular weight is 252 g/mol. The molecule has 3 N–H and O–H groups in total. The molecule has 1 aromatic carbocycles. The van der Waals surface area contributed by atoms with Crippen molar-refractivity contribution in [2.75, 3.05) is 31.2 Å². The summed E-state index contributed by atoms with van der Waals surface area (Å²) >= 11 is 0. The van der Waals surface area contributed by atoms with Crippen LogP contribution in [0.3, 0.4) is 0 Å². The molecule has 0 amide bonds. The lowest BCUT2D eigenvalue weighted by atomic mass is 10.2. The van der Waals surface area contributed by atoms with E-state index in [1.54, 1.807) is 6.07 Å². The summed E-state index contributed by atoms with van der Waals surface area (Å²) in [4.78, 5) is 12.4. The minimum Gasteiger partial charge on any atom is -0.398 e. The SMILES string of the molecule is CC(C)N(C)CCNc1cc(N)cc([N+](=O)[O-])c1. The van der Waals surface area contributed by atoms with E-state index in [-0.39, 0.29) is 5.69 Å². The van der Waals surface area contributed by atoms with E-state index >= 15 is 0 Å². The first-order valence-corrected chi connectivity index (χ1v) is 5.89. The van der Waals surface area contributed by atoms with Crippen molar-refractivity contribution < 1.29 is 4.92 Å². The molecule has 0 heterocycles. The van der Waals surface area contributed by atoms with Gasteiger partial charge in [-0.25, -0.2) is 0 Å². The van der Waals surface area contributed by atoms with Crippen molar-refractivity contribution in [2.24, 2.45) is 0 Å². The van der Waals surface area contributed by atoms with Gasteiger partial charge in [-0.05, 0) is 27.0 Å². The van der Waals surface area contributed by atoms with Gasteiger partial charge in [-0.15, -0.1) is 0 Å². The number of nitrogens with two attached hydrogens (primary N) is 1. The number of benzene rings is 1. The number of nitro groups is 1. The first kappa shape index (κ1) is 14.2. The molecule has 0 spiro atoms. The monoisotopic (exact) mass is 252 g/mol. The molecule has 0 saturated carbocycles. The molecule has 0 aliphatic carbocycles. The maximum atomic E-state index is 10.7. The van der Waals surface area contributed by atoms with Crippen LogP contribution in [0.1, 0.15) is 13.8 Å². The molecular weight excluding hydrogens is 232 g/mol. The molecule has 1 aromatic rings. The van der Waals surface area contributed by atoms with Gasteiger partial charge >= 0.3 is 0 Å². The Kier molecular flexibility index (Phi) is 4.91. The molecule has 6 heteroatoms. The van der Waals surface area contributed by atoms with E-state index in [0.717, 1.165) is 13.1 Å². The lowest BCUT2D eigenvalue weighted by Crippen LogP contribution is -2.31. The van der Waals surface area contributed by atoms with E-state index in [4.69, 9.17) is 5.73 Å². The lowest BCUT2D eigenvalue weighted by molar-refractivity contribution is -0.384. The Morgan fingerprint density at radius 3 is 2.67 bits per heavy atom. The van der Waals surface area contributed by atoms with Crippen LogP contribution in [-0.2, 0) is 0 Å². The van der Waals surface area contributed by atoms with Crippen molar-refractivity contribution in [3.05, 3.63) is 28.3 Å². The molecule has 0 saturated heterocycles. The topological polar surface area (TPSA) is 84.4 Å². The van der Waals surface area contributed by atoms with Crippen LogP contribution < -0.4 is 11.1 Å². The van der Waals surface area contributed by atoms with Gasteiger partial charge in [-0.3, -0.25) is 10.1 Å². The van der Waals surface area contributed by atoms with Gasteiger partial charge in [0, 0.05) is 42.6 Å². The summed E-state index contributed by atoms with van der Waals surface area (Å²) in [5.74, 6) is 0. The van der Waals surface area contributed by atoms with Gasteiger partial charge in [0.2, 0.25) is 0 Å². The van der Waals surface area contributed by atoms with Gasteiger partial charge in [0.25, 0.3) is 5.69 Å². The molecule has 18 heavy (non-hydrogen) atoms. The Labute approximate surface area is 107 Å². The third-order valence-electron chi connectivity index (χ3n) is 2.83. The fourth-order valence-electron chi connectivity index (χ4n) is 1.48. The summed E-state index contributed by atoms with van der Waals surface area (Å²) in [7, 11) is 2.04. The molecule has 6 nitrogen and oxygen atoms in total.